The molecule has 1 aromatic heterocycles. The van der Waals surface area contributed by atoms with Gasteiger partial charge < -0.3 is 19.3 Å². The molecule has 0 unspecified atom stereocenters. The van der Waals surface area contributed by atoms with Crippen LogP contribution in [0.15, 0.2) is 54.6 Å². The van der Waals surface area contributed by atoms with Crippen molar-refractivity contribution in [2.24, 2.45) is 0 Å². The van der Waals surface area contributed by atoms with Gasteiger partial charge in [0.1, 0.15) is 5.75 Å². The number of methoxy groups -OCH3 is 1. The third-order valence-corrected chi connectivity index (χ3v) is 4.87. The largest absolute Gasteiger partial charge is 0.484 e. The Bertz CT molecular complexity index is 960. The Hall–Kier alpha value is -3.06. The Labute approximate surface area is 175 Å². The highest BCUT2D eigenvalue weighted by atomic mass is 35.5. The molecule has 1 saturated heterocycles. The molecule has 4 rings (SSSR count). The van der Waals surface area contributed by atoms with Crippen molar-refractivity contribution in [3.63, 3.8) is 0 Å². The molecule has 1 aliphatic rings. The number of nitrogens with zero attached hydrogens (tertiary/aromatic N) is 4. The Kier molecular flexibility index (Phi) is 6.72. The van der Waals surface area contributed by atoms with Crippen LogP contribution in [0.2, 0.25) is 0 Å². The van der Waals surface area contributed by atoms with E-state index in [1.807, 2.05) is 47.4 Å². The molecule has 7 nitrogen and oxygen atoms in total. The Morgan fingerprint density at radius 2 is 1.72 bits per heavy atom. The van der Waals surface area contributed by atoms with Gasteiger partial charge in [0.05, 0.1) is 7.11 Å². The van der Waals surface area contributed by atoms with Gasteiger partial charge in [0.25, 0.3) is 5.91 Å². The lowest BCUT2D eigenvalue weighted by molar-refractivity contribution is -0.133. The first-order valence-corrected chi connectivity index (χ1v) is 9.25. The van der Waals surface area contributed by atoms with E-state index in [4.69, 9.17) is 9.47 Å². The molecule has 0 spiro atoms. The second-order valence-electron chi connectivity index (χ2n) is 6.60. The summed E-state index contributed by atoms with van der Waals surface area (Å²) in [4.78, 5) is 16.4. The predicted molar refractivity (Wildman–Crippen MR) is 114 cm³/mol. The molecule has 0 N–H and O–H groups in total. The molecule has 1 fully saturated rings. The van der Waals surface area contributed by atoms with Crippen LogP contribution in [0.3, 0.4) is 0 Å². The minimum Gasteiger partial charge on any atom is -0.484 e. The number of anilines is 1. The van der Waals surface area contributed by atoms with Crippen molar-refractivity contribution >= 4 is 34.9 Å². The molecular formula is C21H23ClN4O3. The van der Waals surface area contributed by atoms with Crippen LogP contribution in [0.4, 0.5) is 5.82 Å². The zero-order valence-corrected chi connectivity index (χ0v) is 17.0. The maximum Gasteiger partial charge on any atom is 0.260 e. The molecule has 0 radical (unpaired) electrons. The van der Waals surface area contributed by atoms with Crippen molar-refractivity contribution in [3.8, 4) is 11.6 Å². The summed E-state index contributed by atoms with van der Waals surface area (Å²) >= 11 is 0. The molecule has 152 valence electrons. The molecule has 3 aromatic rings. The highest BCUT2D eigenvalue weighted by Crippen LogP contribution is 2.21. The van der Waals surface area contributed by atoms with Gasteiger partial charge in [-0.3, -0.25) is 4.79 Å². The molecule has 0 atom stereocenters. The molecule has 1 aliphatic heterocycles. The lowest BCUT2D eigenvalue weighted by atomic mass is 10.1. The first-order chi connectivity index (χ1) is 13.7. The summed E-state index contributed by atoms with van der Waals surface area (Å²) < 4.78 is 10.8. The number of rotatable bonds is 5. The lowest BCUT2D eigenvalue weighted by Crippen LogP contribution is -2.50. The summed E-state index contributed by atoms with van der Waals surface area (Å²) in [5.41, 5.74) is 0. The first-order valence-electron chi connectivity index (χ1n) is 9.25. The van der Waals surface area contributed by atoms with Crippen LogP contribution in [0.25, 0.3) is 10.8 Å². The zero-order valence-electron chi connectivity index (χ0n) is 16.2. The number of halogens is 1. The molecule has 1 amide bonds. The van der Waals surface area contributed by atoms with Gasteiger partial charge in [-0.1, -0.05) is 30.3 Å². The van der Waals surface area contributed by atoms with Gasteiger partial charge in [0, 0.05) is 32.2 Å². The zero-order chi connectivity index (χ0) is 19.3. The molecule has 2 aromatic carbocycles. The van der Waals surface area contributed by atoms with Crippen molar-refractivity contribution in [2.45, 2.75) is 0 Å². The van der Waals surface area contributed by atoms with E-state index >= 15 is 0 Å². The van der Waals surface area contributed by atoms with Crippen LogP contribution in [-0.4, -0.2) is 60.9 Å². The van der Waals surface area contributed by atoms with E-state index in [2.05, 4.69) is 21.2 Å². The van der Waals surface area contributed by atoms with E-state index in [0.29, 0.717) is 37.8 Å². The summed E-state index contributed by atoms with van der Waals surface area (Å²) in [5.74, 6) is 1.98. The molecule has 0 aliphatic carbocycles. The van der Waals surface area contributed by atoms with Crippen molar-refractivity contribution in [1.82, 2.24) is 15.1 Å². The van der Waals surface area contributed by atoms with E-state index in [1.165, 1.54) is 0 Å². The van der Waals surface area contributed by atoms with Crippen LogP contribution in [0.1, 0.15) is 0 Å². The molecule has 0 bridgehead atoms. The number of hydrogen-bond donors (Lipinski definition) is 0. The second kappa shape index (κ2) is 9.43. The number of piperazine rings is 1. The van der Waals surface area contributed by atoms with E-state index < -0.39 is 0 Å². The molecular weight excluding hydrogens is 392 g/mol. The van der Waals surface area contributed by atoms with E-state index in [1.54, 1.807) is 13.2 Å². The predicted octanol–water partition coefficient (Wildman–Crippen LogP) is 2.79. The Balaban J connectivity index is 0.00000240. The maximum absolute atomic E-state index is 12.5. The highest BCUT2D eigenvalue weighted by molar-refractivity contribution is 5.85. The summed E-state index contributed by atoms with van der Waals surface area (Å²) in [6.45, 7) is 2.73. The Morgan fingerprint density at radius 3 is 2.41 bits per heavy atom. The van der Waals surface area contributed by atoms with Gasteiger partial charge in [-0.25, -0.2) is 0 Å². The number of benzene rings is 2. The monoisotopic (exact) mass is 414 g/mol. The van der Waals surface area contributed by atoms with Crippen molar-refractivity contribution in [3.05, 3.63) is 54.6 Å². The molecule has 29 heavy (non-hydrogen) atoms. The Morgan fingerprint density at radius 1 is 0.966 bits per heavy atom. The number of aromatic nitrogens is 2. The minimum absolute atomic E-state index is 0. The van der Waals surface area contributed by atoms with Gasteiger partial charge >= 0.3 is 0 Å². The average molecular weight is 415 g/mol. The topological polar surface area (TPSA) is 67.8 Å². The normalized spacial score (nSPS) is 13.7. The summed E-state index contributed by atoms with van der Waals surface area (Å²) in [5, 5.41) is 10.4. The SMILES string of the molecule is COc1ccc(N2CCN(C(=O)COc3ccc4ccccc4c3)CC2)nn1.Cl. The maximum atomic E-state index is 12.5. The van der Waals surface area contributed by atoms with Crippen LogP contribution in [0, 0.1) is 0 Å². The van der Waals surface area contributed by atoms with E-state index in [9.17, 15) is 4.79 Å². The third kappa shape index (κ3) is 4.86. The summed E-state index contributed by atoms with van der Waals surface area (Å²) in [7, 11) is 1.56. The van der Waals surface area contributed by atoms with Crippen LogP contribution >= 0.6 is 12.4 Å². The quantitative estimate of drug-likeness (QED) is 0.639. The fraction of sp³-hybridized carbons (Fsp3) is 0.286. The van der Waals surface area contributed by atoms with Gasteiger partial charge in [-0.05, 0) is 29.0 Å². The number of carbonyl (C=O) groups excluding carboxylic acids is 1. The molecule has 0 saturated carbocycles. The van der Waals surface area contributed by atoms with E-state index in [0.717, 1.165) is 16.6 Å². The smallest absolute Gasteiger partial charge is 0.260 e. The van der Waals surface area contributed by atoms with Crippen molar-refractivity contribution in [2.75, 3.05) is 44.8 Å². The molecule has 8 heteroatoms. The number of amides is 1. The first kappa shape index (κ1) is 20.7. The summed E-state index contributed by atoms with van der Waals surface area (Å²) in [6.07, 6.45) is 0. The van der Waals surface area contributed by atoms with Gasteiger partial charge in [0.15, 0.2) is 12.4 Å². The fourth-order valence-corrected chi connectivity index (χ4v) is 3.27. The number of ether oxygens (including phenoxy) is 2. The van der Waals surface area contributed by atoms with Gasteiger partial charge in [0.2, 0.25) is 5.88 Å². The number of carbonyl (C=O) groups is 1. The second-order valence-corrected chi connectivity index (χ2v) is 6.60. The fourth-order valence-electron chi connectivity index (χ4n) is 3.27. The van der Waals surface area contributed by atoms with Gasteiger partial charge in [-0.2, -0.15) is 0 Å². The highest BCUT2D eigenvalue weighted by Gasteiger charge is 2.22. The van der Waals surface area contributed by atoms with Crippen LogP contribution in [-0.2, 0) is 4.79 Å². The van der Waals surface area contributed by atoms with E-state index in [-0.39, 0.29) is 24.9 Å². The third-order valence-electron chi connectivity index (χ3n) is 4.87. The number of fused-ring (bicyclic) bond motifs is 1. The van der Waals surface area contributed by atoms with Crippen molar-refractivity contribution < 1.29 is 14.3 Å². The average Bonchev–Trinajstić information content (AvgIpc) is 2.77. The van der Waals surface area contributed by atoms with Gasteiger partial charge in [-0.15, -0.1) is 22.6 Å². The lowest BCUT2D eigenvalue weighted by Gasteiger charge is -2.35. The summed E-state index contributed by atoms with van der Waals surface area (Å²) in [6, 6.07) is 17.6. The molecule has 2 heterocycles. The standard InChI is InChI=1S/C21H22N4O3.ClH/c1-27-20-9-8-19(22-23-20)24-10-12-25(13-11-24)21(26)15-28-18-7-6-16-4-2-3-5-17(16)14-18;/h2-9,14H,10-13,15H2,1H3;1H. The number of hydrogen-bond acceptors (Lipinski definition) is 6. The van der Waals surface area contributed by atoms with Crippen LogP contribution < -0.4 is 14.4 Å². The van der Waals surface area contributed by atoms with Crippen LogP contribution in [0.5, 0.6) is 11.6 Å². The van der Waals surface area contributed by atoms with Crippen molar-refractivity contribution in [1.29, 1.82) is 0 Å². The minimum atomic E-state index is -0.00590.